The molecule has 0 radical (unpaired) electrons. The molecule has 1 rings (SSSR count). The van der Waals surface area contributed by atoms with Gasteiger partial charge in [0.2, 0.25) is 11.8 Å². The zero-order valence-corrected chi connectivity index (χ0v) is 14.0. The molecule has 0 aliphatic rings. The highest BCUT2D eigenvalue weighted by atomic mass is 79.9. The number of rotatable bonds is 5. The number of hydrogen-bond acceptors (Lipinski definition) is 2. The number of nitrogens with zero attached hydrogens (tertiary/aromatic N) is 1. The fourth-order valence-corrected chi connectivity index (χ4v) is 2.33. The van der Waals surface area contributed by atoms with Gasteiger partial charge in [-0.25, -0.2) is 0 Å². The van der Waals surface area contributed by atoms with Crippen LogP contribution in [0.1, 0.15) is 32.8 Å². The Labute approximate surface area is 128 Å². The third-order valence-corrected chi connectivity index (χ3v) is 3.64. The van der Waals surface area contributed by atoms with Gasteiger partial charge in [-0.2, -0.15) is 0 Å². The summed E-state index contributed by atoms with van der Waals surface area (Å²) in [6, 6.07) is 5.75. The second kappa shape index (κ2) is 7.43. The van der Waals surface area contributed by atoms with Gasteiger partial charge in [-0.1, -0.05) is 22.9 Å². The Hall–Kier alpha value is -1.36. The van der Waals surface area contributed by atoms with Crippen molar-refractivity contribution in [2.75, 3.05) is 11.4 Å². The Kier molecular flexibility index (Phi) is 6.20. The monoisotopic (exact) mass is 340 g/mol. The van der Waals surface area contributed by atoms with E-state index in [-0.39, 0.29) is 24.4 Å². The molecule has 0 aliphatic carbocycles. The minimum Gasteiger partial charge on any atom is -0.352 e. The molecule has 0 aromatic heterocycles. The van der Waals surface area contributed by atoms with E-state index >= 15 is 0 Å². The molecular weight excluding hydrogens is 320 g/mol. The smallest absolute Gasteiger partial charge is 0.240 e. The predicted molar refractivity (Wildman–Crippen MR) is 84.8 cm³/mol. The molecule has 0 saturated heterocycles. The average Bonchev–Trinajstić information content (AvgIpc) is 2.36. The Balaban J connectivity index is 2.90. The maximum Gasteiger partial charge on any atom is 0.240 e. The molecule has 4 nitrogen and oxygen atoms in total. The second-order valence-corrected chi connectivity index (χ2v) is 5.83. The summed E-state index contributed by atoms with van der Waals surface area (Å²) in [5, 5.41) is 2.87. The molecule has 5 heteroatoms. The zero-order valence-electron chi connectivity index (χ0n) is 12.4. The van der Waals surface area contributed by atoms with Crippen molar-refractivity contribution in [2.24, 2.45) is 0 Å². The van der Waals surface area contributed by atoms with Gasteiger partial charge in [0.1, 0.15) is 6.54 Å². The predicted octanol–water partition coefficient (Wildman–Crippen LogP) is 3.03. The molecular formula is C15H21BrN2O2. The fourth-order valence-electron chi connectivity index (χ4n) is 1.85. The molecule has 1 aromatic rings. The summed E-state index contributed by atoms with van der Waals surface area (Å²) in [7, 11) is 0. The van der Waals surface area contributed by atoms with Gasteiger partial charge in [-0.3, -0.25) is 9.59 Å². The molecule has 0 spiro atoms. The number of aryl methyl sites for hydroxylation is 1. The highest BCUT2D eigenvalue weighted by Crippen LogP contribution is 2.23. The molecule has 1 aromatic carbocycles. The number of halogens is 1. The fraction of sp³-hybridized carbons (Fsp3) is 0.467. The highest BCUT2D eigenvalue weighted by molar-refractivity contribution is 9.10. The van der Waals surface area contributed by atoms with E-state index in [1.165, 1.54) is 11.8 Å². The first-order valence-corrected chi connectivity index (χ1v) is 7.48. The maximum absolute atomic E-state index is 12.0. The third kappa shape index (κ3) is 4.63. The van der Waals surface area contributed by atoms with Crippen LogP contribution in [-0.2, 0) is 9.59 Å². The van der Waals surface area contributed by atoms with Crippen LogP contribution in [0.5, 0.6) is 0 Å². The molecule has 110 valence electrons. The normalized spacial score (nSPS) is 11.8. The number of anilines is 1. The Bertz CT molecular complexity index is 503. The van der Waals surface area contributed by atoms with Gasteiger partial charge < -0.3 is 10.2 Å². The first-order chi connectivity index (χ1) is 9.35. The lowest BCUT2D eigenvalue weighted by Crippen LogP contribution is -2.43. The minimum absolute atomic E-state index is 0.0438. The Morgan fingerprint density at radius 2 is 2.05 bits per heavy atom. The van der Waals surface area contributed by atoms with Gasteiger partial charge >= 0.3 is 0 Å². The highest BCUT2D eigenvalue weighted by Gasteiger charge is 2.18. The lowest BCUT2D eigenvalue weighted by molar-refractivity contribution is -0.123. The van der Waals surface area contributed by atoms with Crippen LogP contribution in [0.15, 0.2) is 22.7 Å². The largest absolute Gasteiger partial charge is 0.352 e. The molecule has 0 aliphatic heterocycles. The quantitative estimate of drug-likeness (QED) is 0.895. The number of amides is 2. The molecule has 0 bridgehead atoms. The van der Waals surface area contributed by atoms with Crippen molar-refractivity contribution < 1.29 is 9.59 Å². The number of carbonyl (C=O) groups is 2. The number of benzene rings is 1. The molecule has 0 saturated carbocycles. The van der Waals surface area contributed by atoms with E-state index < -0.39 is 0 Å². The van der Waals surface area contributed by atoms with E-state index in [0.717, 1.165) is 22.1 Å². The van der Waals surface area contributed by atoms with Crippen molar-refractivity contribution >= 4 is 33.4 Å². The van der Waals surface area contributed by atoms with Crippen molar-refractivity contribution in [1.29, 1.82) is 0 Å². The summed E-state index contributed by atoms with van der Waals surface area (Å²) < 4.78 is 0.950. The molecule has 0 heterocycles. The van der Waals surface area contributed by atoms with Gasteiger partial charge in [0.15, 0.2) is 0 Å². The summed E-state index contributed by atoms with van der Waals surface area (Å²) in [4.78, 5) is 25.3. The summed E-state index contributed by atoms with van der Waals surface area (Å²) in [6.45, 7) is 7.39. The van der Waals surface area contributed by atoms with Gasteiger partial charge in [0.25, 0.3) is 0 Å². The molecule has 20 heavy (non-hydrogen) atoms. The zero-order chi connectivity index (χ0) is 15.3. The molecule has 2 amide bonds. The first kappa shape index (κ1) is 16.7. The van der Waals surface area contributed by atoms with Gasteiger partial charge in [-0.05, 0) is 44.0 Å². The van der Waals surface area contributed by atoms with E-state index in [0.29, 0.717) is 0 Å². The van der Waals surface area contributed by atoms with E-state index in [1.807, 2.05) is 39.0 Å². The van der Waals surface area contributed by atoms with Crippen LogP contribution in [0.2, 0.25) is 0 Å². The van der Waals surface area contributed by atoms with Crippen LogP contribution < -0.4 is 10.2 Å². The van der Waals surface area contributed by atoms with Crippen LogP contribution in [0.3, 0.4) is 0 Å². The van der Waals surface area contributed by atoms with Crippen LogP contribution in [0, 0.1) is 6.92 Å². The van der Waals surface area contributed by atoms with E-state index in [2.05, 4.69) is 21.2 Å². The second-order valence-electron chi connectivity index (χ2n) is 4.91. The lowest BCUT2D eigenvalue weighted by Gasteiger charge is -2.23. The van der Waals surface area contributed by atoms with Crippen molar-refractivity contribution in [3.8, 4) is 0 Å². The topological polar surface area (TPSA) is 49.4 Å². The summed E-state index contributed by atoms with van der Waals surface area (Å²) in [5.41, 5.74) is 1.71. The third-order valence-electron chi connectivity index (χ3n) is 3.15. The Morgan fingerprint density at radius 3 is 2.55 bits per heavy atom. The SMILES string of the molecule is CCC(C)NC(=O)CN(C(C)=O)c1ccc(Br)cc1C. The standard InChI is InChI=1S/C15H21BrN2O2/c1-5-11(3)17-15(20)9-18(12(4)19)14-7-6-13(16)8-10(14)2/h6-8,11H,5,9H2,1-4H3,(H,17,20). The van der Waals surface area contributed by atoms with Crippen LogP contribution in [0.4, 0.5) is 5.69 Å². The molecule has 1 unspecified atom stereocenters. The minimum atomic E-state index is -0.144. The van der Waals surface area contributed by atoms with E-state index in [4.69, 9.17) is 0 Å². The summed E-state index contributed by atoms with van der Waals surface area (Å²) in [5.74, 6) is -0.286. The lowest BCUT2D eigenvalue weighted by atomic mass is 10.1. The molecule has 1 atom stereocenters. The maximum atomic E-state index is 12.0. The summed E-state index contributed by atoms with van der Waals surface area (Å²) in [6.07, 6.45) is 0.864. The first-order valence-electron chi connectivity index (χ1n) is 6.68. The average molecular weight is 341 g/mol. The summed E-state index contributed by atoms with van der Waals surface area (Å²) >= 11 is 3.39. The van der Waals surface area contributed by atoms with Crippen molar-refractivity contribution in [3.63, 3.8) is 0 Å². The van der Waals surface area contributed by atoms with Crippen molar-refractivity contribution in [3.05, 3.63) is 28.2 Å². The van der Waals surface area contributed by atoms with Crippen LogP contribution >= 0.6 is 15.9 Å². The number of carbonyl (C=O) groups excluding carboxylic acids is 2. The molecule has 0 fully saturated rings. The van der Waals surface area contributed by atoms with Crippen molar-refractivity contribution in [1.82, 2.24) is 5.32 Å². The number of hydrogen-bond donors (Lipinski definition) is 1. The number of nitrogens with one attached hydrogen (secondary N) is 1. The van der Waals surface area contributed by atoms with Crippen molar-refractivity contribution in [2.45, 2.75) is 40.2 Å². The molecule has 1 N–H and O–H groups in total. The van der Waals surface area contributed by atoms with E-state index in [1.54, 1.807) is 0 Å². The van der Waals surface area contributed by atoms with Gasteiger partial charge in [-0.15, -0.1) is 0 Å². The Morgan fingerprint density at radius 1 is 1.40 bits per heavy atom. The van der Waals surface area contributed by atoms with Crippen LogP contribution in [-0.4, -0.2) is 24.4 Å². The van der Waals surface area contributed by atoms with Gasteiger partial charge in [0, 0.05) is 23.1 Å². The van der Waals surface area contributed by atoms with E-state index in [9.17, 15) is 9.59 Å². The van der Waals surface area contributed by atoms with Crippen LogP contribution in [0.25, 0.3) is 0 Å². The van der Waals surface area contributed by atoms with Gasteiger partial charge in [0.05, 0.1) is 0 Å².